The molecule has 0 aromatic carbocycles. The van der Waals surface area contributed by atoms with Crippen LogP contribution in [0.5, 0.6) is 0 Å². The molecule has 0 unspecified atom stereocenters. The number of ether oxygens (including phenoxy) is 1. The lowest BCUT2D eigenvalue weighted by Crippen LogP contribution is -2.59. The molecule has 18 nitrogen and oxygen atoms in total. The fraction of sp³-hybridized carbons (Fsp3) is 0.816. The minimum Gasteiger partial charge on any atom is -0.468 e. The number of hydrogen-bond acceptors (Lipinski definition) is 11. The maximum atomic E-state index is 13.9. The van der Waals surface area contributed by atoms with Crippen LogP contribution in [0.25, 0.3) is 0 Å². The maximum absolute atomic E-state index is 13.9. The van der Waals surface area contributed by atoms with Crippen LogP contribution in [0, 0.1) is 5.92 Å². The Morgan fingerprint density at radius 2 is 1.12 bits per heavy atom. The first-order valence-corrected chi connectivity index (χ1v) is 20.5. The molecule has 3 amide bonds. The molecule has 15 N–H and O–H groups in total. The summed E-state index contributed by atoms with van der Waals surface area (Å²) < 4.78 is 4.72. The largest absolute Gasteiger partial charge is 0.468 e. The van der Waals surface area contributed by atoms with E-state index >= 15 is 0 Å². The quantitative estimate of drug-likeness (QED) is 0.0180. The summed E-state index contributed by atoms with van der Waals surface area (Å²) in [5.74, 6) is -2.83. The Labute approximate surface area is 334 Å². The van der Waals surface area contributed by atoms with Crippen LogP contribution in [-0.4, -0.2) is 111 Å². The molecule has 0 aromatic heterocycles. The van der Waals surface area contributed by atoms with Gasteiger partial charge in [0.1, 0.15) is 18.1 Å². The number of methoxy groups -OCH3 is 1. The zero-order chi connectivity index (χ0) is 42.3. The SMILES string of the molecule is CCCCCCCCCCN[C@@H](CCCN=C(N)N)C(=O)N[C@H](C(=O)N[C@@H](CCCCN)C(=O)N[C@@H](CCCN=C(N)N)C(=O)CN[C@@H](C)C(=O)OC)C(C)C. The Morgan fingerprint density at radius 3 is 1.66 bits per heavy atom. The zero-order valence-electron chi connectivity index (χ0n) is 34.8. The molecule has 0 bridgehead atoms. The van der Waals surface area contributed by atoms with Gasteiger partial charge in [-0.15, -0.1) is 0 Å². The van der Waals surface area contributed by atoms with E-state index in [0.29, 0.717) is 51.7 Å². The molecule has 324 valence electrons. The topological polar surface area (TPSA) is 310 Å². The fourth-order valence-corrected chi connectivity index (χ4v) is 5.90. The highest BCUT2D eigenvalue weighted by atomic mass is 16.5. The van der Waals surface area contributed by atoms with E-state index in [0.717, 1.165) is 19.3 Å². The zero-order valence-corrected chi connectivity index (χ0v) is 34.8. The van der Waals surface area contributed by atoms with Gasteiger partial charge >= 0.3 is 5.97 Å². The maximum Gasteiger partial charge on any atom is 0.322 e. The third-order valence-electron chi connectivity index (χ3n) is 9.30. The molecule has 0 radical (unpaired) electrons. The van der Waals surface area contributed by atoms with Crippen LogP contribution in [0.3, 0.4) is 0 Å². The number of guanidine groups is 2. The summed E-state index contributed by atoms with van der Waals surface area (Å²) >= 11 is 0. The molecule has 56 heavy (non-hydrogen) atoms. The second-order valence-electron chi connectivity index (χ2n) is 14.6. The summed E-state index contributed by atoms with van der Waals surface area (Å²) in [6.45, 7) is 8.76. The number of carbonyl (C=O) groups excluding carboxylic acids is 5. The second-order valence-corrected chi connectivity index (χ2v) is 14.6. The summed E-state index contributed by atoms with van der Waals surface area (Å²) in [5, 5.41) is 14.7. The number of amides is 3. The second kappa shape index (κ2) is 32.1. The highest BCUT2D eigenvalue weighted by molar-refractivity contribution is 5.95. The summed E-state index contributed by atoms with van der Waals surface area (Å²) in [6, 6.07) is -4.31. The molecule has 0 spiro atoms. The van der Waals surface area contributed by atoms with Crippen LogP contribution in [0.2, 0.25) is 0 Å². The predicted molar refractivity (Wildman–Crippen MR) is 222 cm³/mol. The molecule has 0 aromatic rings. The van der Waals surface area contributed by atoms with Gasteiger partial charge in [0.2, 0.25) is 17.7 Å². The van der Waals surface area contributed by atoms with Gasteiger partial charge in [-0.05, 0) is 77.3 Å². The van der Waals surface area contributed by atoms with E-state index < -0.39 is 48.0 Å². The standard InChI is InChI=1S/C38H76N12O6/c1-6-7-8-9-10-11-12-15-22-44-29(20-17-24-46-38(42)43)33(52)50-32(26(2)3)35(54)49-30(18-13-14-21-39)34(53)48-28(19-16-23-45-37(40)41)31(51)25-47-27(4)36(55)56-5/h26-30,32,44,47H,6-25,39H2,1-5H3,(H,48,53)(H,49,54)(H,50,52)(H4,40,41,45)(H4,42,43,46)/t27-,28-,29-,30-,32-/m0/s1. The molecule has 5 atom stereocenters. The summed E-state index contributed by atoms with van der Waals surface area (Å²) in [6.07, 6.45) is 12.2. The van der Waals surface area contributed by atoms with Crippen LogP contribution < -0.4 is 55.3 Å². The summed E-state index contributed by atoms with van der Waals surface area (Å²) in [4.78, 5) is 74.6. The summed E-state index contributed by atoms with van der Waals surface area (Å²) in [7, 11) is 1.24. The molecule has 0 rings (SSSR count). The van der Waals surface area contributed by atoms with Gasteiger partial charge in [0.05, 0.1) is 25.7 Å². The van der Waals surface area contributed by atoms with Crippen LogP contribution in [0.4, 0.5) is 0 Å². The molecule has 0 heterocycles. The first-order chi connectivity index (χ1) is 26.7. The molecule has 0 aliphatic heterocycles. The number of nitrogens with zero attached hydrogens (tertiary/aromatic N) is 2. The van der Waals surface area contributed by atoms with Crippen molar-refractivity contribution in [2.45, 2.75) is 154 Å². The van der Waals surface area contributed by atoms with Crippen molar-refractivity contribution in [3.05, 3.63) is 0 Å². The normalized spacial score (nSPS) is 13.8. The van der Waals surface area contributed by atoms with E-state index in [-0.39, 0.29) is 55.5 Å². The van der Waals surface area contributed by atoms with Crippen molar-refractivity contribution in [2.75, 3.05) is 39.8 Å². The average molecular weight is 797 g/mol. The number of carbonyl (C=O) groups is 5. The monoisotopic (exact) mass is 797 g/mol. The number of unbranched alkanes of at least 4 members (excludes halogenated alkanes) is 8. The van der Waals surface area contributed by atoms with E-state index in [1.165, 1.54) is 39.2 Å². The van der Waals surface area contributed by atoms with Crippen molar-refractivity contribution in [2.24, 2.45) is 44.6 Å². The van der Waals surface area contributed by atoms with Crippen molar-refractivity contribution in [3.8, 4) is 0 Å². The molecular weight excluding hydrogens is 720 g/mol. The molecule has 0 aliphatic rings. The van der Waals surface area contributed by atoms with Crippen molar-refractivity contribution < 1.29 is 28.7 Å². The number of Topliss-reactive ketones (excluding diaryl/α,β-unsaturated/α-hetero) is 1. The van der Waals surface area contributed by atoms with Crippen molar-refractivity contribution in [1.82, 2.24) is 26.6 Å². The number of esters is 1. The van der Waals surface area contributed by atoms with Crippen LogP contribution >= 0.6 is 0 Å². The van der Waals surface area contributed by atoms with E-state index in [4.69, 9.17) is 33.4 Å². The third-order valence-corrected chi connectivity index (χ3v) is 9.30. The fourth-order valence-electron chi connectivity index (χ4n) is 5.90. The number of hydrogen-bond donors (Lipinski definition) is 10. The van der Waals surface area contributed by atoms with E-state index in [9.17, 15) is 24.0 Å². The number of nitrogens with two attached hydrogens (primary N) is 5. The Bertz CT molecular complexity index is 1190. The predicted octanol–water partition coefficient (Wildman–Crippen LogP) is 0.152. The summed E-state index contributed by atoms with van der Waals surface area (Å²) in [5.41, 5.74) is 27.6. The number of nitrogens with one attached hydrogen (secondary N) is 5. The molecule has 0 saturated heterocycles. The number of ketones is 1. The van der Waals surface area contributed by atoms with Crippen LogP contribution in [-0.2, 0) is 28.7 Å². The Kier molecular flexibility index (Phi) is 29.8. The lowest BCUT2D eigenvalue weighted by molar-refractivity contribution is -0.142. The lowest BCUT2D eigenvalue weighted by atomic mass is 10.00. The smallest absolute Gasteiger partial charge is 0.322 e. The minimum absolute atomic E-state index is 0.0223. The first-order valence-electron chi connectivity index (χ1n) is 20.5. The van der Waals surface area contributed by atoms with Gasteiger partial charge in [-0.1, -0.05) is 65.7 Å². The first kappa shape index (κ1) is 52.0. The highest BCUT2D eigenvalue weighted by Crippen LogP contribution is 2.11. The van der Waals surface area contributed by atoms with Gasteiger partial charge in [0.25, 0.3) is 0 Å². The van der Waals surface area contributed by atoms with E-state index in [1.807, 2.05) is 13.8 Å². The highest BCUT2D eigenvalue weighted by Gasteiger charge is 2.32. The molecule has 0 fully saturated rings. The van der Waals surface area contributed by atoms with Crippen molar-refractivity contribution in [1.29, 1.82) is 0 Å². The molecular formula is C38H76N12O6. The van der Waals surface area contributed by atoms with Gasteiger partial charge in [-0.3, -0.25) is 39.3 Å². The average Bonchev–Trinajstić information content (AvgIpc) is 3.15. The third kappa shape index (κ3) is 25.2. The van der Waals surface area contributed by atoms with Crippen LogP contribution in [0.15, 0.2) is 9.98 Å². The Morgan fingerprint density at radius 1 is 0.607 bits per heavy atom. The van der Waals surface area contributed by atoms with Crippen LogP contribution in [0.1, 0.15) is 124 Å². The molecule has 0 aliphatic carbocycles. The molecule has 18 heteroatoms. The van der Waals surface area contributed by atoms with Gasteiger partial charge in [0, 0.05) is 13.1 Å². The Hall–Kier alpha value is -4.03. The number of rotatable bonds is 34. The minimum atomic E-state index is -1.03. The van der Waals surface area contributed by atoms with Gasteiger partial charge in [-0.2, -0.15) is 0 Å². The van der Waals surface area contributed by atoms with E-state index in [2.05, 4.69) is 43.5 Å². The van der Waals surface area contributed by atoms with Gasteiger partial charge < -0.3 is 54.7 Å². The van der Waals surface area contributed by atoms with Crippen molar-refractivity contribution >= 4 is 41.4 Å². The Balaban J connectivity index is 5.90. The van der Waals surface area contributed by atoms with Gasteiger partial charge in [0.15, 0.2) is 17.7 Å². The number of aliphatic imine (C=N–C) groups is 2. The van der Waals surface area contributed by atoms with Crippen molar-refractivity contribution in [3.63, 3.8) is 0 Å². The van der Waals surface area contributed by atoms with E-state index in [1.54, 1.807) is 6.92 Å². The van der Waals surface area contributed by atoms with Gasteiger partial charge in [-0.25, -0.2) is 0 Å². The lowest BCUT2D eigenvalue weighted by Gasteiger charge is -2.28. The molecule has 0 saturated carbocycles.